The number of sulfonamides is 1. The predicted octanol–water partition coefficient (Wildman–Crippen LogP) is 1.18. The summed E-state index contributed by atoms with van der Waals surface area (Å²) in [5.74, 6) is 0.624. The largest absolute Gasteiger partial charge is 0.398 e. The van der Waals surface area contributed by atoms with Crippen LogP contribution in [0, 0.1) is 0 Å². The van der Waals surface area contributed by atoms with E-state index < -0.39 is 10.0 Å². The van der Waals surface area contributed by atoms with Crippen LogP contribution in [0.2, 0.25) is 0 Å². The highest BCUT2D eigenvalue weighted by Gasteiger charge is 2.17. The molecule has 0 aromatic heterocycles. The van der Waals surface area contributed by atoms with Gasteiger partial charge in [0.05, 0.1) is 5.75 Å². The molecule has 0 aliphatic heterocycles. The number of anilines is 1. The molecule has 0 spiro atoms. The van der Waals surface area contributed by atoms with Crippen molar-refractivity contribution >= 4 is 27.5 Å². The van der Waals surface area contributed by atoms with E-state index >= 15 is 0 Å². The summed E-state index contributed by atoms with van der Waals surface area (Å²) in [6.45, 7) is 1.22. The summed E-state index contributed by atoms with van der Waals surface area (Å²) in [4.78, 5) is 2.89. The number of benzene rings is 1. The Morgan fingerprint density at radius 3 is 2.40 bits per heavy atom. The highest BCUT2D eigenvalue weighted by Crippen LogP contribution is 2.24. The average Bonchev–Trinajstić information content (AvgIpc) is 2.38. The smallest absolute Gasteiger partial charge is 0.214 e. The first kappa shape index (κ1) is 17.3. The first-order valence-corrected chi connectivity index (χ1v) is 8.98. The molecule has 0 heterocycles. The molecule has 0 saturated heterocycles. The van der Waals surface area contributed by atoms with E-state index in [1.807, 2.05) is 43.3 Å². The number of nitrogens with zero attached hydrogens (tertiary/aromatic N) is 2. The van der Waals surface area contributed by atoms with Crippen molar-refractivity contribution in [2.75, 3.05) is 51.5 Å². The molecule has 0 fully saturated rings. The lowest BCUT2D eigenvalue weighted by Gasteiger charge is -2.19. The Bertz CT molecular complexity index is 518. The SMILES string of the molecule is CN(C)CCN(C)S(=O)(=O)CCSc1ccccc1N. The van der Waals surface area contributed by atoms with Crippen LogP contribution in [-0.4, -0.2) is 63.4 Å². The quantitative estimate of drug-likeness (QED) is 0.576. The van der Waals surface area contributed by atoms with Crippen LogP contribution in [0.3, 0.4) is 0 Å². The molecule has 7 heteroatoms. The summed E-state index contributed by atoms with van der Waals surface area (Å²) >= 11 is 1.47. The Labute approximate surface area is 126 Å². The van der Waals surface area contributed by atoms with Gasteiger partial charge in [0, 0.05) is 36.5 Å². The molecule has 1 aromatic rings. The molecule has 0 bridgehead atoms. The van der Waals surface area contributed by atoms with Gasteiger partial charge in [0.1, 0.15) is 0 Å². The first-order valence-electron chi connectivity index (χ1n) is 6.39. The van der Waals surface area contributed by atoms with E-state index in [0.29, 0.717) is 24.5 Å². The van der Waals surface area contributed by atoms with Crippen molar-refractivity contribution in [1.29, 1.82) is 0 Å². The highest BCUT2D eigenvalue weighted by atomic mass is 32.2. The topological polar surface area (TPSA) is 66.6 Å². The number of thioether (sulfide) groups is 1. The average molecular weight is 317 g/mol. The van der Waals surface area contributed by atoms with Crippen LogP contribution in [0.4, 0.5) is 5.69 Å². The maximum atomic E-state index is 12.1. The lowest BCUT2D eigenvalue weighted by Crippen LogP contribution is -2.35. The Morgan fingerprint density at radius 2 is 1.80 bits per heavy atom. The minimum Gasteiger partial charge on any atom is -0.398 e. The second-order valence-corrected chi connectivity index (χ2v) is 8.16. The van der Waals surface area contributed by atoms with Gasteiger partial charge >= 0.3 is 0 Å². The highest BCUT2D eigenvalue weighted by molar-refractivity contribution is 8.00. The van der Waals surface area contributed by atoms with Crippen molar-refractivity contribution in [3.63, 3.8) is 0 Å². The van der Waals surface area contributed by atoms with Crippen molar-refractivity contribution < 1.29 is 8.42 Å². The summed E-state index contributed by atoms with van der Waals surface area (Å²) in [6, 6.07) is 7.49. The zero-order valence-electron chi connectivity index (χ0n) is 12.2. The van der Waals surface area contributed by atoms with Crippen LogP contribution in [0.5, 0.6) is 0 Å². The van der Waals surface area contributed by atoms with E-state index in [-0.39, 0.29) is 5.75 Å². The van der Waals surface area contributed by atoms with Crippen molar-refractivity contribution in [1.82, 2.24) is 9.21 Å². The fourth-order valence-electron chi connectivity index (χ4n) is 1.50. The van der Waals surface area contributed by atoms with Crippen LogP contribution in [0.1, 0.15) is 0 Å². The van der Waals surface area contributed by atoms with Gasteiger partial charge in [0.15, 0.2) is 0 Å². The first-order chi connectivity index (χ1) is 9.33. The molecule has 0 amide bonds. The van der Waals surface area contributed by atoms with Gasteiger partial charge in [-0.1, -0.05) is 12.1 Å². The van der Waals surface area contributed by atoms with Crippen LogP contribution < -0.4 is 5.73 Å². The van der Waals surface area contributed by atoms with Gasteiger partial charge < -0.3 is 10.6 Å². The molecule has 114 valence electrons. The van der Waals surface area contributed by atoms with Gasteiger partial charge in [-0.25, -0.2) is 12.7 Å². The van der Waals surface area contributed by atoms with Gasteiger partial charge in [-0.05, 0) is 26.2 Å². The maximum Gasteiger partial charge on any atom is 0.214 e. The van der Waals surface area contributed by atoms with E-state index in [0.717, 1.165) is 4.90 Å². The zero-order valence-corrected chi connectivity index (χ0v) is 13.9. The third kappa shape index (κ3) is 5.70. The molecular formula is C13H23N3O2S2. The van der Waals surface area contributed by atoms with E-state index in [1.54, 1.807) is 7.05 Å². The fourth-order valence-corrected chi connectivity index (χ4v) is 3.98. The summed E-state index contributed by atoms with van der Waals surface area (Å²) in [5, 5.41) is 0. The van der Waals surface area contributed by atoms with Gasteiger partial charge in [-0.3, -0.25) is 0 Å². The third-order valence-corrected chi connectivity index (χ3v) is 6.06. The molecule has 0 aliphatic rings. The molecule has 0 aliphatic carbocycles. The summed E-state index contributed by atoms with van der Waals surface area (Å²) in [5.41, 5.74) is 6.52. The molecule has 20 heavy (non-hydrogen) atoms. The van der Waals surface area contributed by atoms with E-state index in [4.69, 9.17) is 5.73 Å². The summed E-state index contributed by atoms with van der Waals surface area (Å²) < 4.78 is 25.6. The molecule has 0 unspecified atom stereocenters. The van der Waals surface area contributed by atoms with Gasteiger partial charge in [-0.15, -0.1) is 11.8 Å². The molecule has 0 atom stereocenters. The molecule has 1 aromatic carbocycles. The lowest BCUT2D eigenvalue weighted by atomic mass is 10.3. The molecule has 0 saturated carbocycles. The van der Waals surface area contributed by atoms with Crippen molar-refractivity contribution in [3.8, 4) is 0 Å². The number of rotatable bonds is 8. The van der Waals surface area contributed by atoms with Crippen LogP contribution >= 0.6 is 11.8 Å². The summed E-state index contributed by atoms with van der Waals surface area (Å²) in [7, 11) is 2.28. The Balaban J connectivity index is 2.45. The van der Waals surface area contributed by atoms with Crippen LogP contribution in [-0.2, 0) is 10.0 Å². The zero-order chi connectivity index (χ0) is 15.2. The number of likely N-dealkylation sites (N-methyl/N-ethyl adjacent to an activating group) is 2. The van der Waals surface area contributed by atoms with E-state index in [1.165, 1.54) is 16.1 Å². The van der Waals surface area contributed by atoms with Crippen molar-refractivity contribution in [3.05, 3.63) is 24.3 Å². The monoisotopic (exact) mass is 317 g/mol. The van der Waals surface area contributed by atoms with Gasteiger partial charge in [-0.2, -0.15) is 0 Å². The fraction of sp³-hybridized carbons (Fsp3) is 0.538. The predicted molar refractivity (Wildman–Crippen MR) is 86.5 cm³/mol. The van der Waals surface area contributed by atoms with Crippen molar-refractivity contribution in [2.24, 2.45) is 0 Å². The Kier molecular flexibility index (Phi) is 6.81. The molecule has 0 radical (unpaired) electrons. The lowest BCUT2D eigenvalue weighted by molar-refractivity contribution is 0.359. The number of nitrogen functional groups attached to an aromatic ring is 1. The summed E-state index contributed by atoms with van der Waals surface area (Å²) in [6.07, 6.45) is 0. The maximum absolute atomic E-state index is 12.1. The minimum atomic E-state index is -3.19. The second kappa shape index (κ2) is 7.87. The standard InChI is InChI=1S/C13H23N3O2S2/c1-15(2)8-9-16(3)20(17,18)11-10-19-13-7-5-4-6-12(13)14/h4-7H,8-11,14H2,1-3H3. The van der Waals surface area contributed by atoms with Crippen LogP contribution in [0.15, 0.2) is 29.2 Å². The normalized spacial score (nSPS) is 12.2. The number of hydrogen-bond acceptors (Lipinski definition) is 5. The number of para-hydroxylation sites is 1. The molecular weight excluding hydrogens is 294 g/mol. The number of nitrogens with two attached hydrogens (primary N) is 1. The van der Waals surface area contributed by atoms with Gasteiger partial charge in [0.2, 0.25) is 10.0 Å². The molecule has 1 rings (SSSR count). The Hall–Kier alpha value is -0.760. The van der Waals surface area contributed by atoms with E-state index in [2.05, 4.69) is 0 Å². The molecule has 5 nitrogen and oxygen atoms in total. The Morgan fingerprint density at radius 1 is 1.15 bits per heavy atom. The van der Waals surface area contributed by atoms with Crippen LogP contribution in [0.25, 0.3) is 0 Å². The van der Waals surface area contributed by atoms with E-state index in [9.17, 15) is 8.42 Å². The van der Waals surface area contributed by atoms with Gasteiger partial charge in [0.25, 0.3) is 0 Å². The second-order valence-electron chi connectivity index (χ2n) is 4.83. The third-order valence-electron chi connectivity index (χ3n) is 2.85. The molecule has 2 N–H and O–H groups in total. The minimum absolute atomic E-state index is 0.121. The van der Waals surface area contributed by atoms with Crippen molar-refractivity contribution in [2.45, 2.75) is 4.90 Å². The number of hydrogen-bond donors (Lipinski definition) is 1.